The minimum Gasteiger partial charge on any atom is -0.444 e. The number of carbonyl (C=O) groups is 1. The van der Waals surface area contributed by atoms with Gasteiger partial charge in [0.25, 0.3) is 0 Å². The van der Waals surface area contributed by atoms with Gasteiger partial charge in [0.1, 0.15) is 17.7 Å². The predicted octanol–water partition coefficient (Wildman–Crippen LogP) is 4.54. The predicted molar refractivity (Wildman–Crippen MR) is 156 cm³/mol. The summed E-state index contributed by atoms with van der Waals surface area (Å²) in [6.07, 6.45) is 3.78. The largest absolute Gasteiger partial charge is 0.444 e. The molecule has 2 aliphatic heterocycles. The molecule has 1 unspecified atom stereocenters. The van der Waals surface area contributed by atoms with Crippen molar-refractivity contribution in [2.75, 3.05) is 29.9 Å². The van der Waals surface area contributed by atoms with E-state index in [1.54, 1.807) is 0 Å². The number of guanidine groups is 1. The molecule has 4 rings (SSSR count). The normalized spacial score (nSPS) is 17.8. The van der Waals surface area contributed by atoms with Crippen molar-refractivity contribution in [3.8, 4) is 0 Å². The molecule has 2 aromatic rings. The standard InChI is InChI=1S/C30H38N6O3/c1-30(2,3)39-29(38)31-16-13-22-14-17-36(18-15-22)26-11-9-25(10-12-26)34-28-33-20-24(21-37)27(35-28)32-19-23-7-5-4-6-8-23/h4-12,20,22,27,32H,13-19H2,1-3H3,(H,31,38)(H,34,35). The lowest BCUT2D eigenvalue weighted by molar-refractivity contribution is 0.0524. The number of hydrogen-bond acceptors (Lipinski definition) is 8. The molecule has 2 aliphatic rings. The van der Waals surface area contributed by atoms with Crippen LogP contribution in [-0.2, 0) is 16.1 Å². The van der Waals surface area contributed by atoms with Crippen molar-refractivity contribution >= 4 is 35.6 Å². The Hall–Kier alpha value is -3.94. The molecule has 0 radical (unpaired) electrons. The van der Waals surface area contributed by atoms with Crippen molar-refractivity contribution in [3.63, 3.8) is 0 Å². The van der Waals surface area contributed by atoms with Crippen molar-refractivity contribution in [2.45, 2.75) is 58.3 Å². The van der Waals surface area contributed by atoms with Crippen molar-refractivity contribution in [2.24, 2.45) is 15.9 Å². The molecule has 0 aromatic heterocycles. The Morgan fingerprint density at radius 3 is 2.46 bits per heavy atom. The number of amides is 1. The maximum Gasteiger partial charge on any atom is 0.407 e. The highest BCUT2D eigenvalue weighted by atomic mass is 16.6. The summed E-state index contributed by atoms with van der Waals surface area (Å²) in [5, 5.41) is 9.39. The van der Waals surface area contributed by atoms with Gasteiger partial charge in [0.2, 0.25) is 5.96 Å². The Morgan fingerprint density at radius 2 is 1.79 bits per heavy atom. The van der Waals surface area contributed by atoms with E-state index in [2.05, 4.69) is 43.0 Å². The first-order valence-electron chi connectivity index (χ1n) is 13.5. The maximum absolute atomic E-state index is 11.8. The molecule has 0 spiro atoms. The van der Waals surface area contributed by atoms with Gasteiger partial charge >= 0.3 is 6.09 Å². The third-order valence-corrected chi connectivity index (χ3v) is 6.66. The SMILES string of the molecule is CC(C)(C)OC(=O)NCCC1CCN(c2ccc(NC3=NC(NCc4ccccc4)C(=C=O)C=N3)cc2)CC1. The average molecular weight is 531 g/mol. The van der Waals surface area contributed by atoms with E-state index in [9.17, 15) is 9.59 Å². The molecule has 1 saturated heterocycles. The molecule has 2 heterocycles. The number of alkyl carbamates (subject to hydrolysis) is 1. The van der Waals surface area contributed by atoms with Crippen LogP contribution in [0.1, 0.15) is 45.6 Å². The second kappa shape index (κ2) is 13.2. The fraction of sp³-hybridized carbons (Fsp3) is 0.433. The molecule has 39 heavy (non-hydrogen) atoms. The van der Waals surface area contributed by atoms with Crippen LogP contribution in [0.3, 0.4) is 0 Å². The van der Waals surface area contributed by atoms with E-state index < -0.39 is 11.8 Å². The summed E-state index contributed by atoms with van der Waals surface area (Å²) in [5.41, 5.74) is 3.05. The molecule has 0 saturated carbocycles. The monoisotopic (exact) mass is 530 g/mol. The molecule has 0 aliphatic carbocycles. The molecule has 2 aromatic carbocycles. The third-order valence-electron chi connectivity index (χ3n) is 6.66. The van der Waals surface area contributed by atoms with Gasteiger partial charge in [-0.1, -0.05) is 30.3 Å². The molecule has 3 N–H and O–H groups in total. The number of nitrogens with zero attached hydrogens (tertiary/aromatic N) is 3. The Labute approximate surface area is 230 Å². The van der Waals surface area contributed by atoms with E-state index in [4.69, 9.17) is 4.74 Å². The van der Waals surface area contributed by atoms with Gasteiger partial charge in [-0.25, -0.2) is 19.6 Å². The van der Waals surface area contributed by atoms with Gasteiger partial charge < -0.3 is 20.3 Å². The van der Waals surface area contributed by atoms with Gasteiger partial charge in [-0.3, -0.25) is 5.32 Å². The Balaban J connectivity index is 1.24. The van der Waals surface area contributed by atoms with Gasteiger partial charge in [0, 0.05) is 43.8 Å². The molecular formula is C30H38N6O3. The van der Waals surface area contributed by atoms with Crippen LogP contribution in [0.5, 0.6) is 0 Å². The number of nitrogens with one attached hydrogen (secondary N) is 3. The number of benzene rings is 2. The summed E-state index contributed by atoms with van der Waals surface area (Å²) in [7, 11) is 0. The van der Waals surface area contributed by atoms with Gasteiger partial charge in [0.15, 0.2) is 0 Å². The Morgan fingerprint density at radius 1 is 1.08 bits per heavy atom. The molecule has 1 atom stereocenters. The first-order valence-corrected chi connectivity index (χ1v) is 13.5. The smallest absolute Gasteiger partial charge is 0.407 e. The molecule has 9 nitrogen and oxygen atoms in total. The van der Waals surface area contributed by atoms with Gasteiger partial charge in [-0.2, -0.15) is 0 Å². The number of aliphatic imine (C=N–C) groups is 2. The van der Waals surface area contributed by atoms with Crippen LogP contribution in [0, 0.1) is 5.92 Å². The summed E-state index contributed by atoms with van der Waals surface area (Å²) in [4.78, 5) is 34.5. The lowest BCUT2D eigenvalue weighted by Crippen LogP contribution is -2.36. The van der Waals surface area contributed by atoms with Gasteiger partial charge in [-0.05, 0) is 75.8 Å². The Kier molecular flexibility index (Phi) is 9.52. The number of carbonyl (C=O) groups excluding carboxylic acids is 2. The number of hydrogen-bond donors (Lipinski definition) is 3. The van der Waals surface area contributed by atoms with E-state index in [-0.39, 0.29) is 6.09 Å². The first kappa shape index (κ1) is 28.1. The van der Waals surface area contributed by atoms with E-state index in [0.29, 0.717) is 30.5 Å². The fourth-order valence-electron chi connectivity index (χ4n) is 4.60. The summed E-state index contributed by atoms with van der Waals surface area (Å²) in [6.45, 7) is 8.78. The number of ether oxygens (including phenoxy) is 1. The van der Waals surface area contributed by atoms with Crippen molar-refractivity contribution in [1.29, 1.82) is 0 Å². The minimum absolute atomic E-state index is 0.349. The maximum atomic E-state index is 11.8. The van der Waals surface area contributed by atoms with Crippen LogP contribution >= 0.6 is 0 Å². The van der Waals surface area contributed by atoms with E-state index >= 15 is 0 Å². The topological polar surface area (TPSA) is 107 Å². The molecule has 0 bridgehead atoms. The second-order valence-electron chi connectivity index (χ2n) is 10.9. The van der Waals surface area contributed by atoms with Crippen LogP contribution < -0.4 is 20.9 Å². The third kappa shape index (κ3) is 8.80. The zero-order valence-corrected chi connectivity index (χ0v) is 22.9. The highest BCUT2D eigenvalue weighted by Crippen LogP contribution is 2.26. The highest BCUT2D eigenvalue weighted by Gasteiger charge is 2.21. The fourth-order valence-corrected chi connectivity index (χ4v) is 4.60. The van der Waals surface area contributed by atoms with Crippen LogP contribution in [0.25, 0.3) is 0 Å². The summed E-state index contributed by atoms with van der Waals surface area (Å²) in [5.74, 6) is 2.96. The summed E-state index contributed by atoms with van der Waals surface area (Å²) < 4.78 is 5.30. The van der Waals surface area contributed by atoms with E-state index in [1.165, 1.54) is 11.9 Å². The van der Waals surface area contributed by atoms with Crippen molar-refractivity contribution in [3.05, 3.63) is 65.7 Å². The molecule has 9 heteroatoms. The van der Waals surface area contributed by atoms with Crippen LogP contribution in [-0.4, -0.2) is 55.6 Å². The quantitative estimate of drug-likeness (QED) is 0.433. The Bertz CT molecular complexity index is 1210. The lowest BCUT2D eigenvalue weighted by atomic mass is 9.93. The van der Waals surface area contributed by atoms with Gasteiger partial charge in [-0.15, -0.1) is 0 Å². The van der Waals surface area contributed by atoms with Crippen LogP contribution in [0.4, 0.5) is 16.2 Å². The average Bonchev–Trinajstić information content (AvgIpc) is 2.92. The summed E-state index contributed by atoms with van der Waals surface area (Å²) in [6, 6.07) is 18.2. The van der Waals surface area contributed by atoms with E-state index in [1.807, 2.05) is 69.2 Å². The lowest BCUT2D eigenvalue weighted by Gasteiger charge is -2.33. The zero-order chi connectivity index (χ0) is 27.7. The van der Waals surface area contributed by atoms with Crippen molar-refractivity contribution in [1.82, 2.24) is 10.6 Å². The van der Waals surface area contributed by atoms with Crippen molar-refractivity contribution < 1.29 is 14.3 Å². The minimum atomic E-state index is -0.511. The highest BCUT2D eigenvalue weighted by molar-refractivity contribution is 6.06. The molecular weight excluding hydrogens is 492 g/mol. The van der Waals surface area contributed by atoms with Gasteiger partial charge in [0.05, 0.1) is 5.57 Å². The molecule has 206 valence electrons. The number of rotatable bonds is 8. The first-order chi connectivity index (χ1) is 18.8. The van der Waals surface area contributed by atoms with Crippen LogP contribution in [0.15, 0.2) is 70.2 Å². The summed E-state index contributed by atoms with van der Waals surface area (Å²) >= 11 is 0. The van der Waals surface area contributed by atoms with Crippen LogP contribution in [0.2, 0.25) is 0 Å². The number of anilines is 2. The molecule has 1 fully saturated rings. The number of piperidine rings is 1. The zero-order valence-electron chi connectivity index (χ0n) is 22.9. The second-order valence-corrected chi connectivity index (χ2v) is 10.9. The van der Waals surface area contributed by atoms with E-state index in [0.717, 1.165) is 43.6 Å². The molecule has 1 amide bonds.